The van der Waals surface area contributed by atoms with Crippen LogP contribution in [0.1, 0.15) is 0 Å². The van der Waals surface area contributed by atoms with Crippen LogP contribution >= 0.6 is 0 Å². The highest BCUT2D eigenvalue weighted by Crippen LogP contribution is 2.20. The molecule has 0 saturated heterocycles. The van der Waals surface area contributed by atoms with Crippen LogP contribution in [0.2, 0.25) is 0 Å². The van der Waals surface area contributed by atoms with E-state index in [-0.39, 0.29) is 0 Å². The van der Waals surface area contributed by atoms with Gasteiger partial charge in [0.25, 0.3) is 6.01 Å². The molecule has 2 rings (SSSR count). The van der Waals surface area contributed by atoms with E-state index in [2.05, 4.69) is 4.98 Å². The van der Waals surface area contributed by atoms with E-state index < -0.39 is 0 Å². The first-order valence-corrected chi connectivity index (χ1v) is 4.45. The number of hydrogen-bond donors (Lipinski definition) is 0. The number of oxazole rings is 1. The number of rotatable bonds is 2. The molecular weight excluding hydrogens is 176 g/mol. The van der Waals surface area contributed by atoms with Crippen molar-refractivity contribution in [2.45, 2.75) is 0 Å². The molecule has 0 unspecified atom stereocenters. The third-order valence-corrected chi connectivity index (χ3v) is 1.94. The lowest BCUT2D eigenvalue weighted by Gasteiger charge is -2.03. The number of anilines is 1. The summed E-state index contributed by atoms with van der Waals surface area (Å²) in [4.78, 5) is 6.18. The lowest BCUT2D eigenvalue weighted by atomic mass is 10.2. The van der Waals surface area contributed by atoms with Gasteiger partial charge in [0.2, 0.25) is 0 Å². The molecule has 0 N–H and O–H groups in total. The van der Waals surface area contributed by atoms with Gasteiger partial charge in [0, 0.05) is 19.7 Å². The molecule has 0 aliphatic rings. The molecule has 0 aliphatic heterocycles. The Morgan fingerprint density at radius 1 is 1.14 bits per heavy atom. The van der Waals surface area contributed by atoms with Crippen LogP contribution in [0.5, 0.6) is 0 Å². The molecule has 0 bridgehead atoms. The Balaban J connectivity index is 2.34. The summed E-state index contributed by atoms with van der Waals surface area (Å²) in [5, 5.41) is 0. The van der Waals surface area contributed by atoms with Crippen LogP contribution in [-0.4, -0.2) is 19.1 Å². The predicted molar refractivity (Wildman–Crippen MR) is 56.3 cm³/mol. The van der Waals surface area contributed by atoms with Crippen molar-refractivity contribution in [3.05, 3.63) is 36.6 Å². The second-order valence-corrected chi connectivity index (χ2v) is 3.28. The molecule has 3 nitrogen and oxygen atoms in total. The number of aromatic nitrogens is 1. The Labute approximate surface area is 83.0 Å². The number of benzene rings is 1. The maximum atomic E-state index is 5.30. The van der Waals surface area contributed by atoms with Gasteiger partial charge in [0.15, 0.2) is 0 Å². The van der Waals surface area contributed by atoms with Gasteiger partial charge in [-0.05, 0) is 0 Å². The number of hydrogen-bond acceptors (Lipinski definition) is 3. The van der Waals surface area contributed by atoms with Gasteiger partial charge in [-0.1, -0.05) is 30.3 Å². The standard InChI is InChI=1S/C11H12N2O/c1-13(2)11-12-10(8-14-11)9-6-4-3-5-7-9/h3-8H,1-2H3. The molecule has 0 spiro atoms. The molecule has 0 aliphatic carbocycles. The largest absolute Gasteiger partial charge is 0.431 e. The molecule has 0 fully saturated rings. The van der Waals surface area contributed by atoms with Crippen LogP contribution < -0.4 is 4.90 Å². The fourth-order valence-corrected chi connectivity index (χ4v) is 1.21. The minimum absolute atomic E-state index is 0.629. The summed E-state index contributed by atoms with van der Waals surface area (Å²) >= 11 is 0. The first-order chi connectivity index (χ1) is 6.77. The van der Waals surface area contributed by atoms with Crippen LogP contribution in [0.25, 0.3) is 11.3 Å². The molecule has 1 aromatic heterocycles. The fourth-order valence-electron chi connectivity index (χ4n) is 1.21. The van der Waals surface area contributed by atoms with E-state index in [1.54, 1.807) is 6.26 Å². The highest BCUT2D eigenvalue weighted by Gasteiger charge is 2.06. The smallest absolute Gasteiger partial charge is 0.297 e. The molecule has 1 heterocycles. The minimum atomic E-state index is 0.629. The van der Waals surface area contributed by atoms with Crippen LogP contribution in [-0.2, 0) is 0 Å². The Morgan fingerprint density at radius 3 is 2.43 bits per heavy atom. The van der Waals surface area contributed by atoms with Crippen molar-refractivity contribution in [3.8, 4) is 11.3 Å². The average Bonchev–Trinajstić information content (AvgIpc) is 2.68. The van der Waals surface area contributed by atoms with Gasteiger partial charge in [-0.25, -0.2) is 0 Å². The molecular formula is C11H12N2O. The van der Waals surface area contributed by atoms with Crippen LogP contribution in [0.15, 0.2) is 41.0 Å². The topological polar surface area (TPSA) is 29.3 Å². The SMILES string of the molecule is CN(C)c1nc(-c2ccccc2)co1. The summed E-state index contributed by atoms with van der Waals surface area (Å²) in [6, 6.07) is 10.6. The summed E-state index contributed by atoms with van der Waals surface area (Å²) in [6.45, 7) is 0. The second-order valence-electron chi connectivity index (χ2n) is 3.28. The molecule has 0 saturated carbocycles. The van der Waals surface area contributed by atoms with Gasteiger partial charge in [0.05, 0.1) is 0 Å². The lowest BCUT2D eigenvalue weighted by molar-refractivity contribution is 0.556. The van der Waals surface area contributed by atoms with Gasteiger partial charge in [-0.3, -0.25) is 0 Å². The summed E-state index contributed by atoms with van der Waals surface area (Å²) in [5.74, 6) is 0. The van der Waals surface area contributed by atoms with Crippen molar-refractivity contribution in [1.29, 1.82) is 0 Å². The zero-order valence-corrected chi connectivity index (χ0v) is 8.27. The maximum absolute atomic E-state index is 5.30. The normalized spacial score (nSPS) is 10.1. The quantitative estimate of drug-likeness (QED) is 0.724. The van der Waals surface area contributed by atoms with Crippen LogP contribution in [0, 0.1) is 0 Å². The van der Waals surface area contributed by atoms with Crippen molar-refractivity contribution in [2.75, 3.05) is 19.0 Å². The summed E-state index contributed by atoms with van der Waals surface area (Å²) in [7, 11) is 3.81. The van der Waals surface area contributed by atoms with Gasteiger partial charge in [-0.15, -0.1) is 0 Å². The summed E-state index contributed by atoms with van der Waals surface area (Å²) in [6.07, 6.45) is 1.67. The summed E-state index contributed by atoms with van der Waals surface area (Å²) in [5.41, 5.74) is 1.94. The fraction of sp³-hybridized carbons (Fsp3) is 0.182. The van der Waals surface area contributed by atoms with E-state index in [1.807, 2.05) is 49.3 Å². The van der Waals surface area contributed by atoms with E-state index in [9.17, 15) is 0 Å². The molecule has 3 heteroatoms. The molecule has 72 valence electrons. The molecule has 0 atom stereocenters. The van der Waals surface area contributed by atoms with Crippen LogP contribution in [0.4, 0.5) is 6.01 Å². The van der Waals surface area contributed by atoms with E-state index >= 15 is 0 Å². The molecule has 1 aromatic carbocycles. The van der Waals surface area contributed by atoms with Crippen LogP contribution in [0.3, 0.4) is 0 Å². The Hall–Kier alpha value is -1.77. The van der Waals surface area contributed by atoms with Gasteiger partial charge in [-0.2, -0.15) is 4.98 Å². The maximum Gasteiger partial charge on any atom is 0.297 e. The highest BCUT2D eigenvalue weighted by atomic mass is 16.4. The van der Waals surface area contributed by atoms with E-state index in [4.69, 9.17) is 4.42 Å². The highest BCUT2D eigenvalue weighted by molar-refractivity contribution is 5.58. The summed E-state index contributed by atoms with van der Waals surface area (Å²) < 4.78 is 5.30. The zero-order valence-electron chi connectivity index (χ0n) is 8.27. The van der Waals surface area contributed by atoms with Crippen molar-refractivity contribution < 1.29 is 4.42 Å². The predicted octanol–water partition coefficient (Wildman–Crippen LogP) is 2.41. The first-order valence-electron chi connectivity index (χ1n) is 4.45. The molecule has 0 radical (unpaired) electrons. The molecule has 2 aromatic rings. The first kappa shape index (κ1) is 8.81. The lowest BCUT2D eigenvalue weighted by Crippen LogP contribution is -2.08. The van der Waals surface area contributed by atoms with Crippen molar-refractivity contribution in [2.24, 2.45) is 0 Å². The second kappa shape index (κ2) is 3.54. The Kier molecular flexibility index (Phi) is 2.23. The van der Waals surface area contributed by atoms with Gasteiger partial charge < -0.3 is 9.32 Å². The number of nitrogens with zero attached hydrogens (tertiary/aromatic N) is 2. The van der Waals surface area contributed by atoms with Gasteiger partial charge in [0.1, 0.15) is 12.0 Å². The zero-order chi connectivity index (χ0) is 9.97. The molecule has 0 amide bonds. The third-order valence-electron chi connectivity index (χ3n) is 1.94. The Morgan fingerprint density at radius 2 is 1.86 bits per heavy atom. The van der Waals surface area contributed by atoms with Crippen molar-refractivity contribution >= 4 is 6.01 Å². The van der Waals surface area contributed by atoms with Crippen molar-refractivity contribution in [3.63, 3.8) is 0 Å². The minimum Gasteiger partial charge on any atom is -0.431 e. The van der Waals surface area contributed by atoms with E-state index in [1.165, 1.54) is 0 Å². The Bertz CT molecular complexity index is 406. The van der Waals surface area contributed by atoms with E-state index in [0.717, 1.165) is 11.3 Å². The van der Waals surface area contributed by atoms with E-state index in [0.29, 0.717) is 6.01 Å². The third kappa shape index (κ3) is 1.62. The average molecular weight is 188 g/mol. The van der Waals surface area contributed by atoms with Crippen molar-refractivity contribution in [1.82, 2.24) is 4.98 Å². The molecule has 14 heavy (non-hydrogen) atoms. The monoisotopic (exact) mass is 188 g/mol. The van der Waals surface area contributed by atoms with Gasteiger partial charge >= 0.3 is 0 Å².